The smallest absolute Gasteiger partial charge is 0.114 e. The van der Waals surface area contributed by atoms with Gasteiger partial charge in [-0.3, -0.25) is 0 Å². The fourth-order valence-corrected chi connectivity index (χ4v) is 1.03. The number of rotatable bonds is 3. The molecular formula is C7H14O2. The summed E-state index contributed by atoms with van der Waals surface area (Å²) in [7, 11) is 0. The first-order valence-corrected chi connectivity index (χ1v) is 3.55. The van der Waals surface area contributed by atoms with Crippen molar-refractivity contribution in [3.8, 4) is 0 Å². The molecule has 9 heavy (non-hydrogen) atoms. The highest BCUT2D eigenvalue weighted by atomic mass is 16.6. The molecule has 0 amide bonds. The van der Waals surface area contributed by atoms with Gasteiger partial charge in [0.05, 0.1) is 13.2 Å². The first kappa shape index (κ1) is 7.03. The highest BCUT2D eigenvalue weighted by Crippen LogP contribution is 2.24. The van der Waals surface area contributed by atoms with Crippen LogP contribution in [-0.2, 0) is 9.47 Å². The zero-order valence-corrected chi connectivity index (χ0v) is 6.14. The van der Waals surface area contributed by atoms with Gasteiger partial charge < -0.3 is 9.47 Å². The molecule has 1 saturated heterocycles. The quantitative estimate of drug-likeness (QED) is 0.571. The average Bonchev–Trinajstić information content (AvgIpc) is 1.79. The molecule has 0 aromatic rings. The Morgan fingerprint density at radius 3 is 2.22 bits per heavy atom. The summed E-state index contributed by atoms with van der Waals surface area (Å²) in [5.41, 5.74) is 0.0920. The second-order valence-corrected chi connectivity index (χ2v) is 2.46. The van der Waals surface area contributed by atoms with E-state index in [4.69, 9.17) is 9.47 Å². The van der Waals surface area contributed by atoms with Gasteiger partial charge in [-0.15, -0.1) is 0 Å². The van der Waals surface area contributed by atoms with E-state index in [0.717, 1.165) is 26.2 Å². The maximum Gasteiger partial charge on any atom is 0.114 e. The van der Waals surface area contributed by atoms with Gasteiger partial charge in [-0.1, -0.05) is 6.92 Å². The molecule has 0 aromatic carbocycles. The number of hydrogen-bond donors (Lipinski definition) is 0. The van der Waals surface area contributed by atoms with Crippen LogP contribution in [0.4, 0.5) is 0 Å². The molecule has 0 spiro atoms. The highest BCUT2D eigenvalue weighted by Gasteiger charge is 2.37. The molecule has 0 saturated carbocycles. The van der Waals surface area contributed by atoms with E-state index in [-0.39, 0.29) is 5.60 Å². The van der Waals surface area contributed by atoms with Crippen molar-refractivity contribution in [2.45, 2.75) is 25.9 Å². The topological polar surface area (TPSA) is 18.5 Å². The minimum Gasteiger partial charge on any atom is -0.375 e. The molecule has 0 atom stereocenters. The van der Waals surface area contributed by atoms with E-state index in [9.17, 15) is 0 Å². The third-order valence-corrected chi connectivity index (χ3v) is 1.83. The van der Waals surface area contributed by atoms with Gasteiger partial charge >= 0.3 is 0 Å². The van der Waals surface area contributed by atoms with Crippen molar-refractivity contribution in [1.82, 2.24) is 0 Å². The van der Waals surface area contributed by atoms with E-state index in [1.54, 1.807) is 0 Å². The Hall–Kier alpha value is -0.0800. The summed E-state index contributed by atoms with van der Waals surface area (Å²) >= 11 is 0. The normalized spacial score (nSPS) is 23.3. The van der Waals surface area contributed by atoms with Gasteiger partial charge in [0.2, 0.25) is 0 Å². The van der Waals surface area contributed by atoms with Gasteiger partial charge in [-0.25, -0.2) is 0 Å². The second kappa shape index (κ2) is 2.67. The zero-order valence-electron chi connectivity index (χ0n) is 6.14. The van der Waals surface area contributed by atoms with Crippen LogP contribution < -0.4 is 0 Å². The van der Waals surface area contributed by atoms with Crippen molar-refractivity contribution in [3.63, 3.8) is 0 Å². The number of hydrogen-bond acceptors (Lipinski definition) is 2. The van der Waals surface area contributed by atoms with E-state index in [0.29, 0.717) is 0 Å². The molecule has 1 aliphatic rings. The Labute approximate surface area is 56.2 Å². The van der Waals surface area contributed by atoms with Crippen LogP contribution >= 0.6 is 0 Å². The lowest BCUT2D eigenvalue weighted by Gasteiger charge is -2.40. The predicted molar refractivity (Wildman–Crippen MR) is 35.5 cm³/mol. The Balaban J connectivity index is 2.28. The molecule has 2 nitrogen and oxygen atoms in total. The van der Waals surface area contributed by atoms with Crippen LogP contribution in [0, 0.1) is 0 Å². The minimum atomic E-state index is 0.0920. The first-order chi connectivity index (χ1) is 4.33. The lowest BCUT2D eigenvalue weighted by molar-refractivity contribution is -0.208. The Morgan fingerprint density at radius 2 is 2.11 bits per heavy atom. The Morgan fingerprint density at radius 1 is 1.44 bits per heavy atom. The van der Waals surface area contributed by atoms with Crippen LogP contribution in [0.25, 0.3) is 0 Å². The first-order valence-electron chi connectivity index (χ1n) is 3.55. The van der Waals surface area contributed by atoms with Crippen molar-refractivity contribution in [2.75, 3.05) is 19.8 Å². The highest BCUT2D eigenvalue weighted by molar-refractivity contribution is 4.85. The van der Waals surface area contributed by atoms with E-state index in [1.807, 2.05) is 6.92 Å². The summed E-state index contributed by atoms with van der Waals surface area (Å²) in [6.45, 7) is 6.54. The molecule has 1 rings (SSSR count). The average molecular weight is 130 g/mol. The fourth-order valence-electron chi connectivity index (χ4n) is 1.03. The van der Waals surface area contributed by atoms with Gasteiger partial charge in [-0.05, 0) is 13.3 Å². The van der Waals surface area contributed by atoms with Gasteiger partial charge in [0.1, 0.15) is 5.60 Å². The van der Waals surface area contributed by atoms with Crippen LogP contribution in [0.5, 0.6) is 0 Å². The number of ether oxygens (including phenoxy) is 2. The third kappa shape index (κ3) is 1.25. The fraction of sp³-hybridized carbons (Fsp3) is 1.00. The van der Waals surface area contributed by atoms with Gasteiger partial charge in [-0.2, -0.15) is 0 Å². The van der Waals surface area contributed by atoms with E-state index in [2.05, 4.69) is 6.92 Å². The van der Waals surface area contributed by atoms with Crippen molar-refractivity contribution in [2.24, 2.45) is 0 Å². The molecule has 1 fully saturated rings. The molecule has 2 heteroatoms. The monoisotopic (exact) mass is 130 g/mol. The zero-order chi connectivity index (χ0) is 6.74. The molecule has 0 radical (unpaired) electrons. The van der Waals surface area contributed by atoms with Crippen LogP contribution in [-0.4, -0.2) is 25.4 Å². The van der Waals surface area contributed by atoms with Crippen molar-refractivity contribution < 1.29 is 9.47 Å². The van der Waals surface area contributed by atoms with E-state index < -0.39 is 0 Å². The molecule has 1 aliphatic heterocycles. The van der Waals surface area contributed by atoms with Crippen LogP contribution in [0.3, 0.4) is 0 Å². The lowest BCUT2D eigenvalue weighted by Crippen LogP contribution is -2.51. The molecule has 1 heterocycles. The molecule has 0 aliphatic carbocycles. The summed E-state index contributed by atoms with van der Waals surface area (Å²) in [5, 5.41) is 0. The molecular weight excluding hydrogens is 116 g/mol. The standard InChI is InChI=1S/C7H14O2/c1-3-7(9-4-2)5-8-6-7/h3-6H2,1-2H3. The van der Waals surface area contributed by atoms with Crippen molar-refractivity contribution in [1.29, 1.82) is 0 Å². The third-order valence-electron chi connectivity index (χ3n) is 1.83. The molecule has 0 bridgehead atoms. The maximum absolute atomic E-state index is 5.49. The van der Waals surface area contributed by atoms with Crippen LogP contribution in [0.2, 0.25) is 0 Å². The van der Waals surface area contributed by atoms with Crippen molar-refractivity contribution >= 4 is 0 Å². The lowest BCUT2D eigenvalue weighted by atomic mass is 9.99. The SMILES string of the molecule is CCOC1(CC)COC1. The summed E-state index contributed by atoms with van der Waals surface area (Å²) in [5.74, 6) is 0. The van der Waals surface area contributed by atoms with Crippen molar-refractivity contribution in [3.05, 3.63) is 0 Å². The van der Waals surface area contributed by atoms with Gasteiger partial charge in [0.25, 0.3) is 0 Å². The van der Waals surface area contributed by atoms with Crippen LogP contribution in [0.1, 0.15) is 20.3 Å². The largest absolute Gasteiger partial charge is 0.375 e. The predicted octanol–water partition coefficient (Wildman–Crippen LogP) is 1.20. The van der Waals surface area contributed by atoms with Crippen LogP contribution in [0.15, 0.2) is 0 Å². The summed E-state index contributed by atoms with van der Waals surface area (Å²) < 4.78 is 10.5. The van der Waals surface area contributed by atoms with Gasteiger partial charge in [0.15, 0.2) is 0 Å². The molecule has 54 valence electrons. The molecule has 0 N–H and O–H groups in total. The summed E-state index contributed by atoms with van der Waals surface area (Å²) in [6.07, 6.45) is 1.07. The molecule has 0 aromatic heterocycles. The Bertz CT molecular complexity index is 81.4. The summed E-state index contributed by atoms with van der Waals surface area (Å²) in [4.78, 5) is 0. The maximum atomic E-state index is 5.49. The second-order valence-electron chi connectivity index (χ2n) is 2.46. The molecule has 0 unspecified atom stereocenters. The van der Waals surface area contributed by atoms with Gasteiger partial charge in [0, 0.05) is 6.61 Å². The minimum absolute atomic E-state index is 0.0920. The van der Waals surface area contributed by atoms with E-state index in [1.165, 1.54) is 0 Å². The van der Waals surface area contributed by atoms with E-state index >= 15 is 0 Å². The Kier molecular flexibility index (Phi) is 2.09. The summed E-state index contributed by atoms with van der Waals surface area (Å²) in [6, 6.07) is 0.